The van der Waals surface area contributed by atoms with E-state index in [0.717, 1.165) is 0 Å². The van der Waals surface area contributed by atoms with Crippen LogP contribution < -0.4 is 10.5 Å². The number of carbonyl (C=O) groups excluding carboxylic acids is 1. The van der Waals surface area contributed by atoms with Crippen LogP contribution in [0.1, 0.15) is 25.8 Å². The number of fused-ring (bicyclic) bond motifs is 1. The standard InChI is InChI=1S/C15H17N5O2/c1-15(2,5-6-16)8-22-14-12-10(3-4-11(17)21)7-18-13(12)19-9-20-14/h3-4,7,9H,5,8H2,1-2H3,(H2,17,21)(H,18,19,20). The van der Waals surface area contributed by atoms with Gasteiger partial charge in [0.2, 0.25) is 11.8 Å². The second kappa shape index (κ2) is 6.26. The third-order valence-corrected chi connectivity index (χ3v) is 3.05. The van der Waals surface area contributed by atoms with E-state index in [1.807, 2.05) is 13.8 Å². The topological polar surface area (TPSA) is 118 Å². The summed E-state index contributed by atoms with van der Waals surface area (Å²) in [6.07, 6.45) is 6.32. The van der Waals surface area contributed by atoms with Crippen molar-refractivity contribution in [3.63, 3.8) is 0 Å². The fraction of sp³-hybridized carbons (Fsp3) is 0.333. The summed E-state index contributed by atoms with van der Waals surface area (Å²) in [6, 6.07) is 2.14. The van der Waals surface area contributed by atoms with Crippen LogP contribution >= 0.6 is 0 Å². The van der Waals surface area contributed by atoms with Gasteiger partial charge in [-0.3, -0.25) is 4.79 Å². The molecule has 2 aromatic rings. The minimum Gasteiger partial charge on any atom is -0.476 e. The molecule has 22 heavy (non-hydrogen) atoms. The number of aromatic amines is 1. The van der Waals surface area contributed by atoms with Crippen LogP contribution in [0.2, 0.25) is 0 Å². The highest BCUT2D eigenvalue weighted by Crippen LogP contribution is 2.28. The molecule has 7 nitrogen and oxygen atoms in total. The molecule has 2 heterocycles. The molecule has 0 aliphatic carbocycles. The van der Waals surface area contributed by atoms with Crippen LogP contribution in [0.25, 0.3) is 17.1 Å². The van der Waals surface area contributed by atoms with E-state index >= 15 is 0 Å². The molecular formula is C15H17N5O2. The monoisotopic (exact) mass is 299 g/mol. The number of aromatic nitrogens is 3. The molecule has 0 spiro atoms. The number of amides is 1. The van der Waals surface area contributed by atoms with Crippen LogP contribution in [0.15, 0.2) is 18.6 Å². The predicted octanol–water partition coefficient (Wildman–Crippen LogP) is 1.78. The molecule has 0 atom stereocenters. The van der Waals surface area contributed by atoms with Crippen molar-refractivity contribution in [2.45, 2.75) is 20.3 Å². The third kappa shape index (κ3) is 3.61. The van der Waals surface area contributed by atoms with Crippen LogP contribution in [0, 0.1) is 16.7 Å². The van der Waals surface area contributed by atoms with Crippen molar-refractivity contribution in [2.75, 3.05) is 6.61 Å². The lowest BCUT2D eigenvalue weighted by atomic mass is 9.91. The first-order chi connectivity index (χ1) is 10.4. The summed E-state index contributed by atoms with van der Waals surface area (Å²) in [7, 11) is 0. The van der Waals surface area contributed by atoms with Gasteiger partial charge in [-0.2, -0.15) is 5.26 Å². The van der Waals surface area contributed by atoms with Crippen LogP contribution in [0.4, 0.5) is 0 Å². The van der Waals surface area contributed by atoms with Crippen LogP contribution in [-0.2, 0) is 4.79 Å². The van der Waals surface area contributed by atoms with Crippen molar-refractivity contribution in [3.8, 4) is 11.9 Å². The van der Waals surface area contributed by atoms with E-state index in [9.17, 15) is 4.79 Å². The molecule has 0 fully saturated rings. The number of nitrogens with two attached hydrogens (primary N) is 1. The normalized spacial score (nSPS) is 11.7. The highest BCUT2D eigenvalue weighted by atomic mass is 16.5. The molecular weight excluding hydrogens is 282 g/mol. The highest BCUT2D eigenvalue weighted by Gasteiger charge is 2.20. The first kappa shape index (κ1) is 15.5. The predicted molar refractivity (Wildman–Crippen MR) is 81.6 cm³/mol. The summed E-state index contributed by atoms with van der Waals surface area (Å²) in [5, 5.41) is 9.49. The van der Waals surface area contributed by atoms with Gasteiger partial charge in [-0.15, -0.1) is 0 Å². The summed E-state index contributed by atoms with van der Waals surface area (Å²) in [4.78, 5) is 22.1. The number of nitrogens with zero attached hydrogens (tertiary/aromatic N) is 3. The van der Waals surface area contributed by atoms with Crippen molar-refractivity contribution in [1.82, 2.24) is 15.0 Å². The van der Waals surface area contributed by atoms with Crippen molar-refractivity contribution in [2.24, 2.45) is 11.1 Å². The van der Waals surface area contributed by atoms with Crippen molar-refractivity contribution < 1.29 is 9.53 Å². The second-order valence-corrected chi connectivity index (χ2v) is 5.67. The number of hydrogen-bond donors (Lipinski definition) is 2. The van der Waals surface area contributed by atoms with Crippen LogP contribution in [0.5, 0.6) is 5.88 Å². The van der Waals surface area contributed by atoms with E-state index in [2.05, 4.69) is 21.0 Å². The first-order valence-corrected chi connectivity index (χ1v) is 6.72. The second-order valence-electron chi connectivity index (χ2n) is 5.67. The van der Waals surface area contributed by atoms with E-state index in [-0.39, 0.29) is 5.41 Å². The average Bonchev–Trinajstić information content (AvgIpc) is 2.86. The van der Waals surface area contributed by atoms with Gasteiger partial charge < -0.3 is 15.5 Å². The van der Waals surface area contributed by atoms with Crippen molar-refractivity contribution in [3.05, 3.63) is 24.2 Å². The first-order valence-electron chi connectivity index (χ1n) is 6.72. The largest absolute Gasteiger partial charge is 0.476 e. The molecule has 0 bridgehead atoms. The smallest absolute Gasteiger partial charge is 0.241 e. The van der Waals surface area contributed by atoms with E-state index < -0.39 is 5.91 Å². The molecule has 0 aliphatic rings. The lowest BCUT2D eigenvalue weighted by Gasteiger charge is -2.21. The summed E-state index contributed by atoms with van der Waals surface area (Å²) in [5.74, 6) is -0.134. The Bertz CT molecular complexity index is 755. The molecule has 0 aliphatic heterocycles. The molecule has 2 aromatic heterocycles. The summed E-state index contributed by atoms with van der Waals surface area (Å²) in [6.45, 7) is 4.23. The van der Waals surface area contributed by atoms with Crippen molar-refractivity contribution in [1.29, 1.82) is 5.26 Å². The third-order valence-electron chi connectivity index (χ3n) is 3.05. The van der Waals surface area contributed by atoms with Gasteiger partial charge in [-0.05, 0) is 6.08 Å². The number of nitriles is 1. The zero-order valence-electron chi connectivity index (χ0n) is 12.5. The van der Waals surface area contributed by atoms with E-state index in [1.165, 1.54) is 12.4 Å². The number of H-pyrrole nitrogens is 1. The van der Waals surface area contributed by atoms with Gasteiger partial charge in [0, 0.05) is 29.7 Å². The van der Waals surface area contributed by atoms with Gasteiger partial charge in [-0.1, -0.05) is 13.8 Å². The fourth-order valence-corrected chi connectivity index (χ4v) is 1.90. The molecule has 2 rings (SSSR count). The van der Waals surface area contributed by atoms with Gasteiger partial charge in [0.1, 0.15) is 12.0 Å². The van der Waals surface area contributed by atoms with Crippen LogP contribution in [0.3, 0.4) is 0 Å². The van der Waals surface area contributed by atoms with Gasteiger partial charge in [0.05, 0.1) is 18.1 Å². The maximum absolute atomic E-state index is 10.9. The summed E-state index contributed by atoms with van der Waals surface area (Å²) < 4.78 is 5.77. The minimum atomic E-state index is -0.538. The molecule has 0 radical (unpaired) electrons. The molecule has 0 saturated heterocycles. The minimum absolute atomic E-state index is 0.286. The lowest BCUT2D eigenvalue weighted by Crippen LogP contribution is -2.21. The highest BCUT2D eigenvalue weighted by molar-refractivity contribution is 5.96. The molecule has 0 saturated carbocycles. The number of nitrogens with one attached hydrogen (secondary N) is 1. The Morgan fingerprint density at radius 1 is 1.55 bits per heavy atom. The van der Waals surface area contributed by atoms with E-state index in [0.29, 0.717) is 35.5 Å². The quantitative estimate of drug-likeness (QED) is 0.788. The molecule has 7 heteroatoms. The zero-order valence-corrected chi connectivity index (χ0v) is 12.5. The van der Waals surface area contributed by atoms with Gasteiger partial charge >= 0.3 is 0 Å². The number of carbonyl (C=O) groups is 1. The van der Waals surface area contributed by atoms with E-state index in [4.69, 9.17) is 15.7 Å². The Morgan fingerprint density at radius 3 is 3.00 bits per heavy atom. The Balaban J connectivity index is 2.32. The lowest BCUT2D eigenvalue weighted by molar-refractivity contribution is -0.113. The molecule has 1 amide bonds. The number of rotatable bonds is 6. The van der Waals surface area contributed by atoms with E-state index in [1.54, 1.807) is 12.3 Å². The Labute approximate surface area is 127 Å². The van der Waals surface area contributed by atoms with Crippen LogP contribution in [-0.4, -0.2) is 27.5 Å². The van der Waals surface area contributed by atoms with Gasteiger partial charge in [0.15, 0.2) is 0 Å². The molecule has 0 unspecified atom stereocenters. The Morgan fingerprint density at radius 2 is 2.32 bits per heavy atom. The average molecular weight is 299 g/mol. The molecule has 0 aromatic carbocycles. The number of hydrogen-bond acceptors (Lipinski definition) is 5. The molecule has 114 valence electrons. The number of ether oxygens (including phenoxy) is 1. The maximum atomic E-state index is 10.9. The Kier molecular flexibility index (Phi) is 4.41. The summed E-state index contributed by atoms with van der Waals surface area (Å²) >= 11 is 0. The van der Waals surface area contributed by atoms with Gasteiger partial charge in [-0.25, -0.2) is 9.97 Å². The van der Waals surface area contributed by atoms with Crippen molar-refractivity contribution >= 4 is 23.0 Å². The Hall–Kier alpha value is -2.88. The van der Waals surface area contributed by atoms with Gasteiger partial charge in [0.25, 0.3) is 0 Å². The zero-order chi connectivity index (χ0) is 16.2. The summed E-state index contributed by atoms with van der Waals surface area (Å²) in [5.41, 5.74) is 6.14. The molecule has 3 N–H and O–H groups in total. The SMILES string of the molecule is CC(C)(CC#N)COc1ncnc2[nH]cc(C=CC(N)=O)c12. The fourth-order valence-electron chi connectivity index (χ4n) is 1.90. The number of primary amides is 1. The maximum Gasteiger partial charge on any atom is 0.241 e.